The number of halogens is 1. The maximum atomic E-state index is 13.3. The van der Waals surface area contributed by atoms with E-state index in [1.165, 1.54) is 0 Å². The van der Waals surface area contributed by atoms with Crippen LogP contribution in [0.5, 0.6) is 17.2 Å². The molecule has 2 N–H and O–H groups in total. The van der Waals surface area contributed by atoms with Gasteiger partial charge >= 0.3 is 0 Å². The normalized spacial score (nSPS) is 10.4. The number of carbonyl (C=O) groups is 1. The standard InChI is InChI=1S/C22H20FNO4/c1-27-21-8-3-2-5-15(21)11-12-28-18-7-4-6-17(14-18)24-22(26)19-13-16(23)9-10-20(19)25/h2-10,13-14,25H,11-12H2,1H3,(H,24,26). The first-order valence-electron chi connectivity index (χ1n) is 8.71. The van der Waals surface area contributed by atoms with E-state index < -0.39 is 11.7 Å². The van der Waals surface area contributed by atoms with E-state index in [1.54, 1.807) is 31.4 Å². The van der Waals surface area contributed by atoms with Crippen LogP contribution in [0.1, 0.15) is 15.9 Å². The molecule has 1 amide bonds. The van der Waals surface area contributed by atoms with Crippen molar-refractivity contribution in [1.82, 2.24) is 0 Å². The van der Waals surface area contributed by atoms with Gasteiger partial charge in [-0.2, -0.15) is 0 Å². The van der Waals surface area contributed by atoms with Crippen molar-refractivity contribution in [2.45, 2.75) is 6.42 Å². The SMILES string of the molecule is COc1ccccc1CCOc1cccc(NC(=O)c2cc(F)ccc2O)c1. The fraction of sp³-hybridized carbons (Fsp3) is 0.136. The van der Waals surface area contributed by atoms with Crippen LogP contribution in [0.25, 0.3) is 0 Å². The molecule has 144 valence electrons. The summed E-state index contributed by atoms with van der Waals surface area (Å²) < 4.78 is 24.4. The average molecular weight is 381 g/mol. The molecule has 0 atom stereocenters. The number of nitrogens with one attached hydrogen (secondary N) is 1. The number of ether oxygens (including phenoxy) is 2. The van der Waals surface area contributed by atoms with Crippen LogP contribution in [0, 0.1) is 5.82 Å². The maximum Gasteiger partial charge on any atom is 0.259 e. The van der Waals surface area contributed by atoms with Crippen LogP contribution in [-0.4, -0.2) is 24.7 Å². The lowest BCUT2D eigenvalue weighted by Gasteiger charge is -2.11. The molecule has 3 aromatic carbocycles. The highest BCUT2D eigenvalue weighted by Crippen LogP contribution is 2.23. The Bertz CT molecular complexity index is 974. The van der Waals surface area contributed by atoms with E-state index in [9.17, 15) is 14.3 Å². The second-order valence-electron chi connectivity index (χ2n) is 6.05. The van der Waals surface area contributed by atoms with E-state index in [2.05, 4.69) is 5.32 Å². The summed E-state index contributed by atoms with van der Waals surface area (Å²) in [6.07, 6.45) is 0.664. The molecule has 3 aromatic rings. The Balaban J connectivity index is 1.62. The number of aromatic hydroxyl groups is 1. The van der Waals surface area contributed by atoms with E-state index in [0.717, 1.165) is 29.5 Å². The molecule has 0 aromatic heterocycles. The summed E-state index contributed by atoms with van der Waals surface area (Å²) in [5.74, 6) is -0.110. The van der Waals surface area contributed by atoms with Crippen molar-refractivity contribution in [3.05, 3.63) is 83.7 Å². The molecule has 6 heteroatoms. The minimum absolute atomic E-state index is 0.137. The van der Waals surface area contributed by atoms with Crippen molar-refractivity contribution in [3.8, 4) is 17.2 Å². The summed E-state index contributed by atoms with van der Waals surface area (Å²) >= 11 is 0. The van der Waals surface area contributed by atoms with Gasteiger partial charge in [-0.3, -0.25) is 4.79 Å². The summed E-state index contributed by atoms with van der Waals surface area (Å²) in [6.45, 7) is 0.433. The minimum Gasteiger partial charge on any atom is -0.507 e. The number of benzene rings is 3. The van der Waals surface area contributed by atoms with Crippen molar-refractivity contribution in [3.63, 3.8) is 0 Å². The second-order valence-corrected chi connectivity index (χ2v) is 6.05. The largest absolute Gasteiger partial charge is 0.507 e. The summed E-state index contributed by atoms with van der Waals surface area (Å²) in [5, 5.41) is 12.4. The quantitative estimate of drug-likeness (QED) is 0.636. The lowest BCUT2D eigenvalue weighted by atomic mass is 10.1. The highest BCUT2D eigenvalue weighted by molar-refractivity contribution is 6.06. The van der Waals surface area contributed by atoms with Gasteiger partial charge in [-0.25, -0.2) is 4.39 Å². The third-order valence-corrected chi connectivity index (χ3v) is 4.13. The predicted octanol–water partition coefficient (Wildman–Crippen LogP) is 4.41. The van der Waals surface area contributed by atoms with Gasteiger partial charge in [0.05, 0.1) is 19.3 Å². The zero-order valence-corrected chi connectivity index (χ0v) is 15.3. The van der Waals surface area contributed by atoms with Crippen LogP contribution in [-0.2, 0) is 6.42 Å². The summed E-state index contributed by atoms with van der Waals surface area (Å²) in [7, 11) is 1.63. The fourth-order valence-corrected chi connectivity index (χ4v) is 2.74. The van der Waals surface area contributed by atoms with E-state index in [4.69, 9.17) is 9.47 Å². The molecule has 28 heavy (non-hydrogen) atoms. The third kappa shape index (κ3) is 4.79. The van der Waals surface area contributed by atoms with Crippen molar-refractivity contribution in [1.29, 1.82) is 0 Å². The number of methoxy groups -OCH3 is 1. The number of para-hydroxylation sites is 1. The highest BCUT2D eigenvalue weighted by atomic mass is 19.1. The molecule has 3 rings (SSSR count). The molecule has 0 unspecified atom stereocenters. The molecule has 0 saturated heterocycles. The summed E-state index contributed by atoms with van der Waals surface area (Å²) in [5.41, 5.74) is 1.38. The number of phenols is 1. The van der Waals surface area contributed by atoms with Crippen molar-refractivity contribution < 1.29 is 23.8 Å². The Morgan fingerprint density at radius 1 is 1.07 bits per heavy atom. The van der Waals surface area contributed by atoms with Gasteiger partial charge in [0.2, 0.25) is 0 Å². The lowest BCUT2D eigenvalue weighted by Crippen LogP contribution is -2.12. The van der Waals surface area contributed by atoms with Crippen molar-refractivity contribution in [2.75, 3.05) is 19.0 Å². The first-order chi connectivity index (χ1) is 13.6. The molecular formula is C22H20FNO4. The Hall–Kier alpha value is -3.54. The minimum atomic E-state index is -0.608. The molecular weight excluding hydrogens is 361 g/mol. The number of amides is 1. The molecule has 0 fully saturated rings. The molecule has 5 nitrogen and oxygen atoms in total. The van der Waals surface area contributed by atoms with Crippen LogP contribution < -0.4 is 14.8 Å². The van der Waals surface area contributed by atoms with Crippen LogP contribution in [0.3, 0.4) is 0 Å². The molecule has 0 saturated carbocycles. The molecule has 0 spiro atoms. The Kier molecular flexibility index (Phi) is 6.11. The molecule has 0 radical (unpaired) electrons. The molecule has 0 heterocycles. The van der Waals surface area contributed by atoms with E-state index in [0.29, 0.717) is 24.5 Å². The van der Waals surface area contributed by atoms with Crippen LogP contribution in [0.2, 0.25) is 0 Å². The first kappa shape index (κ1) is 19.2. The van der Waals surface area contributed by atoms with Crippen LogP contribution in [0.15, 0.2) is 66.7 Å². The molecule has 0 aliphatic heterocycles. The van der Waals surface area contributed by atoms with E-state index >= 15 is 0 Å². The average Bonchev–Trinajstić information content (AvgIpc) is 2.70. The summed E-state index contributed by atoms with van der Waals surface area (Å²) in [4.78, 5) is 12.3. The zero-order valence-electron chi connectivity index (χ0n) is 15.3. The maximum absolute atomic E-state index is 13.3. The lowest BCUT2D eigenvalue weighted by molar-refractivity contribution is 0.102. The number of phenolic OH excluding ortho intramolecular Hbond substituents is 1. The number of carbonyl (C=O) groups excluding carboxylic acids is 1. The number of rotatable bonds is 7. The Labute approximate surface area is 162 Å². The van der Waals surface area contributed by atoms with Gasteiger partial charge in [0.25, 0.3) is 5.91 Å². The topological polar surface area (TPSA) is 67.8 Å². The Morgan fingerprint density at radius 2 is 1.89 bits per heavy atom. The van der Waals surface area contributed by atoms with Gasteiger partial charge in [0, 0.05) is 18.2 Å². The van der Waals surface area contributed by atoms with Gasteiger partial charge < -0.3 is 19.9 Å². The van der Waals surface area contributed by atoms with Gasteiger partial charge in [-0.15, -0.1) is 0 Å². The van der Waals surface area contributed by atoms with Gasteiger partial charge in [0.15, 0.2) is 0 Å². The smallest absolute Gasteiger partial charge is 0.259 e. The van der Waals surface area contributed by atoms with Crippen LogP contribution in [0.4, 0.5) is 10.1 Å². The predicted molar refractivity (Wildman–Crippen MR) is 105 cm³/mol. The summed E-state index contributed by atoms with van der Waals surface area (Å²) in [6, 6.07) is 17.8. The van der Waals surface area contributed by atoms with Crippen LogP contribution >= 0.6 is 0 Å². The monoisotopic (exact) mass is 381 g/mol. The molecule has 0 bridgehead atoms. The van der Waals surface area contributed by atoms with Gasteiger partial charge in [-0.1, -0.05) is 24.3 Å². The molecule has 0 aliphatic carbocycles. The second kappa shape index (κ2) is 8.90. The number of hydrogen-bond donors (Lipinski definition) is 2. The molecule has 0 aliphatic rings. The fourth-order valence-electron chi connectivity index (χ4n) is 2.74. The Morgan fingerprint density at radius 3 is 2.71 bits per heavy atom. The van der Waals surface area contributed by atoms with Crippen molar-refractivity contribution in [2.24, 2.45) is 0 Å². The third-order valence-electron chi connectivity index (χ3n) is 4.13. The zero-order chi connectivity index (χ0) is 19.9. The highest BCUT2D eigenvalue weighted by Gasteiger charge is 2.13. The van der Waals surface area contributed by atoms with Gasteiger partial charge in [-0.05, 0) is 42.0 Å². The first-order valence-corrected chi connectivity index (χ1v) is 8.71. The number of anilines is 1. The van der Waals surface area contributed by atoms with Crippen molar-refractivity contribution >= 4 is 11.6 Å². The number of hydrogen-bond acceptors (Lipinski definition) is 4. The van der Waals surface area contributed by atoms with E-state index in [-0.39, 0.29) is 11.3 Å². The van der Waals surface area contributed by atoms with Gasteiger partial charge in [0.1, 0.15) is 23.1 Å². The van der Waals surface area contributed by atoms with E-state index in [1.807, 2.05) is 24.3 Å².